The van der Waals surface area contributed by atoms with Gasteiger partial charge in [0.05, 0.1) is 21.2 Å². The van der Waals surface area contributed by atoms with Gasteiger partial charge in [-0.1, -0.05) is 53.2 Å². The number of aromatic hydroxyl groups is 2. The summed E-state index contributed by atoms with van der Waals surface area (Å²) in [6, 6.07) is 29.2. The van der Waals surface area contributed by atoms with E-state index in [0.717, 1.165) is 27.5 Å². The van der Waals surface area contributed by atoms with Gasteiger partial charge in [0.25, 0.3) is 0 Å². The maximum Gasteiger partial charge on any atom is 0.206 e. The van der Waals surface area contributed by atoms with Crippen LogP contribution in [0.2, 0.25) is 10.0 Å². The van der Waals surface area contributed by atoms with E-state index in [9.17, 15) is 36.2 Å². The fraction of sp³-hybridized carbons (Fsp3) is 0.0526. The molecule has 15 heteroatoms. The summed E-state index contributed by atoms with van der Waals surface area (Å²) in [5.74, 6) is -6.55. The van der Waals surface area contributed by atoms with E-state index in [0.29, 0.717) is 21.3 Å². The number of anilines is 3. The number of sulfone groups is 1. The van der Waals surface area contributed by atoms with Gasteiger partial charge < -0.3 is 26.6 Å². The van der Waals surface area contributed by atoms with E-state index >= 15 is 0 Å². The predicted octanol–water partition coefficient (Wildman–Crippen LogP) is 10.4. The first-order valence-electron chi connectivity index (χ1n) is 15.5. The molecule has 0 atom stereocenters. The van der Waals surface area contributed by atoms with Gasteiger partial charge in [0.1, 0.15) is 0 Å². The van der Waals surface area contributed by atoms with Gasteiger partial charge in [-0.25, -0.2) is 17.2 Å². The van der Waals surface area contributed by atoms with Gasteiger partial charge in [0, 0.05) is 38.6 Å². The smallest absolute Gasteiger partial charge is 0.206 e. The summed E-state index contributed by atoms with van der Waals surface area (Å²) in [4.78, 5) is 2.07. The standard InChI is InChI=1S/C19H15ClF2N2OS.C19H14ClF2NO3S/c20-12-1-4-14(5-2-12)26-17-8-3-13(23)9-11(17)10-24-16-7-6-15(21)18(22)19(16)25;20-13-5-7-14(8-6-13)27(25,26)17-4-2-1-3-12(17)11-23-16-10-9-15(21)18(22)19(16)24/h1-9,24-25H,10,23H2;1-10,23-24H,11H2. The van der Waals surface area contributed by atoms with Crippen molar-refractivity contribution in [3.05, 3.63) is 160 Å². The van der Waals surface area contributed by atoms with E-state index in [1.807, 2.05) is 18.2 Å². The van der Waals surface area contributed by atoms with Gasteiger partial charge in [-0.2, -0.15) is 8.78 Å². The molecular weight excluding hydrogens is 773 g/mol. The summed E-state index contributed by atoms with van der Waals surface area (Å²) >= 11 is 13.2. The second-order valence-electron chi connectivity index (χ2n) is 11.2. The van der Waals surface area contributed by atoms with E-state index < -0.39 is 44.6 Å². The Kier molecular flexibility index (Phi) is 12.7. The summed E-state index contributed by atoms with van der Waals surface area (Å²) < 4.78 is 79.0. The topological polar surface area (TPSA) is 125 Å². The van der Waals surface area contributed by atoms with Gasteiger partial charge >= 0.3 is 0 Å². The Morgan fingerprint density at radius 2 is 1.15 bits per heavy atom. The Hall–Kier alpha value is -5.08. The van der Waals surface area contributed by atoms with Crippen LogP contribution in [0, 0.1) is 23.3 Å². The van der Waals surface area contributed by atoms with Gasteiger partial charge in [0.15, 0.2) is 23.1 Å². The summed E-state index contributed by atoms with van der Waals surface area (Å²) in [5, 5.41) is 26.1. The molecule has 0 saturated carbocycles. The Bertz CT molecular complexity index is 2350. The molecule has 0 bridgehead atoms. The number of benzene rings is 6. The van der Waals surface area contributed by atoms with Gasteiger partial charge in [0.2, 0.25) is 21.5 Å². The van der Waals surface area contributed by atoms with Crippen molar-refractivity contribution in [3.8, 4) is 11.5 Å². The highest BCUT2D eigenvalue weighted by atomic mass is 35.5. The average Bonchev–Trinajstić information content (AvgIpc) is 3.15. The molecule has 0 amide bonds. The molecule has 6 N–H and O–H groups in total. The first kappa shape index (κ1) is 39.1. The Labute approximate surface area is 316 Å². The van der Waals surface area contributed by atoms with Crippen LogP contribution in [0.1, 0.15) is 11.1 Å². The second-order valence-corrected chi connectivity index (χ2v) is 15.1. The number of halogens is 6. The number of hydrogen-bond donors (Lipinski definition) is 5. The molecule has 6 aromatic carbocycles. The van der Waals surface area contributed by atoms with Crippen LogP contribution in [0.5, 0.6) is 11.5 Å². The highest BCUT2D eigenvalue weighted by molar-refractivity contribution is 7.99. The predicted molar refractivity (Wildman–Crippen MR) is 200 cm³/mol. The van der Waals surface area contributed by atoms with Crippen LogP contribution in [0.25, 0.3) is 0 Å². The molecule has 0 aliphatic carbocycles. The number of nitrogens with two attached hydrogens (primary N) is 1. The van der Waals surface area contributed by atoms with Crippen molar-refractivity contribution in [2.45, 2.75) is 32.7 Å². The van der Waals surface area contributed by atoms with Gasteiger partial charge in [-0.3, -0.25) is 0 Å². The third kappa shape index (κ3) is 9.68. The number of nitrogens with one attached hydrogen (secondary N) is 2. The van der Waals surface area contributed by atoms with Gasteiger partial charge in [-0.15, -0.1) is 0 Å². The number of hydrogen-bond acceptors (Lipinski definition) is 8. The normalized spacial score (nSPS) is 11.1. The van der Waals surface area contributed by atoms with Crippen molar-refractivity contribution in [1.82, 2.24) is 0 Å². The number of nitrogen functional groups attached to an aromatic ring is 1. The van der Waals surface area contributed by atoms with Crippen molar-refractivity contribution < 1.29 is 36.2 Å². The van der Waals surface area contributed by atoms with E-state index in [2.05, 4.69) is 10.6 Å². The van der Waals surface area contributed by atoms with E-state index in [1.54, 1.807) is 42.5 Å². The molecule has 0 radical (unpaired) electrons. The zero-order chi connectivity index (χ0) is 38.3. The molecule has 0 fully saturated rings. The zero-order valence-electron chi connectivity index (χ0n) is 27.3. The minimum atomic E-state index is -3.81. The maximum atomic E-state index is 13.5. The quantitative estimate of drug-likeness (QED) is 0.0527. The van der Waals surface area contributed by atoms with Crippen LogP contribution in [-0.4, -0.2) is 18.6 Å². The van der Waals surface area contributed by atoms with Crippen LogP contribution in [0.15, 0.2) is 135 Å². The zero-order valence-corrected chi connectivity index (χ0v) is 30.4. The third-order valence-electron chi connectivity index (χ3n) is 7.59. The molecule has 0 saturated heterocycles. The van der Waals surface area contributed by atoms with Crippen molar-refractivity contribution in [1.29, 1.82) is 0 Å². The highest BCUT2D eigenvalue weighted by Gasteiger charge is 2.21. The van der Waals surface area contributed by atoms with Crippen molar-refractivity contribution >= 4 is 61.9 Å². The van der Waals surface area contributed by atoms with Crippen molar-refractivity contribution in [2.24, 2.45) is 0 Å². The molecule has 6 rings (SSSR count). The molecule has 6 aromatic rings. The first-order chi connectivity index (χ1) is 25.2. The largest absolute Gasteiger partial charge is 0.503 e. The number of phenolic OH excluding ortho intramolecular Hbond substituents is 2. The summed E-state index contributed by atoms with van der Waals surface area (Å²) in [6.45, 7) is 0.251. The molecular formula is C38H29Cl2F4N3O4S2. The van der Waals surface area contributed by atoms with Gasteiger partial charge in [-0.05, 0) is 108 Å². The Morgan fingerprint density at radius 3 is 1.72 bits per heavy atom. The van der Waals surface area contributed by atoms with Crippen LogP contribution in [0.3, 0.4) is 0 Å². The average molecular weight is 803 g/mol. The highest BCUT2D eigenvalue weighted by Crippen LogP contribution is 2.35. The SMILES string of the molecule is Nc1ccc(Sc2ccc(Cl)cc2)c(CNc2ccc(F)c(F)c2O)c1.O=S(=O)(c1ccc(Cl)cc1)c1ccccc1CNc1ccc(F)c(F)c1O. The van der Waals surface area contributed by atoms with E-state index in [-0.39, 0.29) is 34.3 Å². The molecule has 0 aromatic heterocycles. The lowest BCUT2D eigenvalue weighted by molar-refractivity contribution is 0.408. The minimum Gasteiger partial charge on any atom is -0.503 e. The van der Waals surface area contributed by atoms with Crippen LogP contribution >= 0.6 is 35.0 Å². The number of phenols is 2. The molecule has 274 valence electrons. The molecule has 7 nitrogen and oxygen atoms in total. The third-order valence-corrected chi connectivity index (χ3v) is 11.1. The first-order valence-corrected chi connectivity index (χ1v) is 18.5. The lowest BCUT2D eigenvalue weighted by Gasteiger charge is -2.13. The maximum absolute atomic E-state index is 13.5. The Morgan fingerprint density at radius 1 is 0.642 bits per heavy atom. The molecule has 0 heterocycles. The molecule has 53 heavy (non-hydrogen) atoms. The molecule has 0 spiro atoms. The summed E-state index contributed by atoms with van der Waals surface area (Å²) in [7, 11) is -3.81. The molecule has 0 aliphatic rings. The Balaban J connectivity index is 0.000000204. The summed E-state index contributed by atoms with van der Waals surface area (Å²) in [6.07, 6.45) is 0. The molecule has 0 unspecified atom stereocenters. The van der Waals surface area contributed by atoms with Crippen LogP contribution in [0.4, 0.5) is 34.6 Å². The summed E-state index contributed by atoms with van der Waals surface area (Å²) in [5.41, 5.74) is 7.76. The van der Waals surface area contributed by atoms with Crippen molar-refractivity contribution in [2.75, 3.05) is 16.4 Å². The van der Waals surface area contributed by atoms with Crippen LogP contribution < -0.4 is 16.4 Å². The fourth-order valence-electron chi connectivity index (χ4n) is 4.87. The monoisotopic (exact) mass is 801 g/mol. The fourth-order valence-corrected chi connectivity index (χ4v) is 7.53. The minimum absolute atomic E-state index is 0.0262. The molecule has 0 aliphatic heterocycles. The second kappa shape index (κ2) is 17.2. The lowest BCUT2D eigenvalue weighted by Crippen LogP contribution is -2.09. The van der Waals surface area contributed by atoms with E-state index in [1.165, 1.54) is 54.2 Å². The number of rotatable bonds is 10. The van der Waals surface area contributed by atoms with Crippen LogP contribution in [-0.2, 0) is 22.9 Å². The lowest BCUT2D eigenvalue weighted by atomic mass is 10.2. The van der Waals surface area contributed by atoms with Crippen molar-refractivity contribution in [3.63, 3.8) is 0 Å². The van der Waals surface area contributed by atoms with E-state index in [4.69, 9.17) is 28.9 Å².